The zero-order valence-electron chi connectivity index (χ0n) is 11.7. The molecule has 3 unspecified atom stereocenters. The van der Waals surface area contributed by atoms with E-state index in [0.717, 1.165) is 29.8 Å². The van der Waals surface area contributed by atoms with Gasteiger partial charge in [-0.2, -0.15) is 0 Å². The van der Waals surface area contributed by atoms with Gasteiger partial charge in [0.2, 0.25) is 0 Å². The van der Waals surface area contributed by atoms with Gasteiger partial charge in [0.1, 0.15) is 0 Å². The third-order valence-electron chi connectivity index (χ3n) is 3.96. The predicted octanol–water partition coefficient (Wildman–Crippen LogP) is 2.49. The maximum Gasteiger partial charge on any atom is 0.160 e. The van der Waals surface area contributed by atoms with Crippen LogP contribution in [-0.2, 0) is 6.42 Å². The van der Waals surface area contributed by atoms with Gasteiger partial charge in [-0.25, -0.2) is 0 Å². The van der Waals surface area contributed by atoms with Crippen molar-refractivity contribution >= 4 is 0 Å². The van der Waals surface area contributed by atoms with Crippen LogP contribution in [0.25, 0.3) is 0 Å². The van der Waals surface area contributed by atoms with Crippen LogP contribution < -0.4 is 14.8 Å². The van der Waals surface area contributed by atoms with E-state index in [0.29, 0.717) is 6.04 Å². The van der Waals surface area contributed by atoms with Crippen LogP contribution in [0.15, 0.2) is 18.2 Å². The van der Waals surface area contributed by atoms with E-state index in [4.69, 9.17) is 9.47 Å². The molecule has 1 aromatic carbocycles. The maximum absolute atomic E-state index is 5.34. The SMILES string of the molecule is CNC(Cc1ccc(OC)c(OC)c1)C1CC1C. The second-order valence-electron chi connectivity index (χ2n) is 5.17. The van der Waals surface area contributed by atoms with E-state index in [1.54, 1.807) is 14.2 Å². The molecule has 1 aromatic rings. The van der Waals surface area contributed by atoms with Crippen LogP contribution in [0.3, 0.4) is 0 Å². The highest BCUT2D eigenvalue weighted by Gasteiger charge is 2.38. The third kappa shape index (κ3) is 2.78. The van der Waals surface area contributed by atoms with E-state index in [1.807, 2.05) is 6.07 Å². The summed E-state index contributed by atoms with van der Waals surface area (Å²) in [6.07, 6.45) is 2.39. The average Bonchev–Trinajstić information content (AvgIpc) is 3.12. The molecule has 3 heteroatoms. The van der Waals surface area contributed by atoms with Crippen molar-refractivity contribution in [2.75, 3.05) is 21.3 Å². The Hall–Kier alpha value is -1.22. The Morgan fingerprint density at radius 1 is 1.28 bits per heavy atom. The lowest BCUT2D eigenvalue weighted by Crippen LogP contribution is -2.30. The first-order valence-electron chi connectivity index (χ1n) is 6.57. The van der Waals surface area contributed by atoms with Crippen molar-refractivity contribution in [3.63, 3.8) is 0 Å². The molecule has 0 heterocycles. The number of hydrogen-bond donors (Lipinski definition) is 1. The Labute approximate surface area is 109 Å². The summed E-state index contributed by atoms with van der Waals surface area (Å²) in [5.41, 5.74) is 1.30. The van der Waals surface area contributed by atoms with Crippen LogP contribution in [0.1, 0.15) is 18.9 Å². The van der Waals surface area contributed by atoms with E-state index < -0.39 is 0 Å². The van der Waals surface area contributed by atoms with Crippen molar-refractivity contribution in [1.29, 1.82) is 0 Å². The first-order valence-corrected chi connectivity index (χ1v) is 6.57. The summed E-state index contributed by atoms with van der Waals surface area (Å²) in [6, 6.07) is 6.75. The van der Waals surface area contributed by atoms with Crippen LogP contribution in [0.2, 0.25) is 0 Å². The zero-order valence-corrected chi connectivity index (χ0v) is 11.7. The van der Waals surface area contributed by atoms with Crippen molar-refractivity contribution in [3.8, 4) is 11.5 Å². The predicted molar refractivity (Wildman–Crippen MR) is 73.4 cm³/mol. The number of rotatable bonds is 6. The van der Waals surface area contributed by atoms with Gasteiger partial charge in [0.05, 0.1) is 14.2 Å². The molecule has 18 heavy (non-hydrogen) atoms. The Balaban J connectivity index is 2.08. The van der Waals surface area contributed by atoms with E-state index >= 15 is 0 Å². The Bertz CT molecular complexity index is 405. The summed E-state index contributed by atoms with van der Waals surface area (Å²) in [5.74, 6) is 3.29. The highest BCUT2D eigenvalue weighted by atomic mass is 16.5. The van der Waals surface area contributed by atoms with Gasteiger partial charge in [-0.05, 0) is 49.4 Å². The van der Waals surface area contributed by atoms with E-state index in [-0.39, 0.29) is 0 Å². The third-order valence-corrected chi connectivity index (χ3v) is 3.96. The highest BCUT2D eigenvalue weighted by Crippen LogP contribution is 2.41. The van der Waals surface area contributed by atoms with E-state index in [1.165, 1.54) is 12.0 Å². The standard InChI is InChI=1S/C15H23NO2/c1-10-7-12(10)13(16-2)8-11-5-6-14(17-3)15(9-11)18-4/h5-6,9-10,12-13,16H,7-8H2,1-4H3. The van der Waals surface area contributed by atoms with Gasteiger partial charge in [-0.1, -0.05) is 13.0 Å². The van der Waals surface area contributed by atoms with Crippen LogP contribution in [0, 0.1) is 11.8 Å². The number of hydrogen-bond acceptors (Lipinski definition) is 3. The Morgan fingerprint density at radius 3 is 2.44 bits per heavy atom. The average molecular weight is 249 g/mol. The smallest absolute Gasteiger partial charge is 0.160 e. The maximum atomic E-state index is 5.34. The van der Waals surface area contributed by atoms with Gasteiger partial charge >= 0.3 is 0 Å². The lowest BCUT2D eigenvalue weighted by molar-refractivity contribution is 0.354. The zero-order chi connectivity index (χ0) is 13.1. The molecule has 3 atom stereocenters. The summed E-state index contributed by atoms with van der Waals surface area (Å²) in [6.45, 7) is 2.32. The second kappa shape index (κ2) is 5.61. The quantitative estimate of drug-likeness (QED) is 0.840. The molecular weight excluding hydrogens is 226 g/mol. The van der Waals surface area contributed by atoms with Gasteiger partial charge in [-0.15, -0.1) is 0 Å². The van der Waals surface area contributed by atoms with E-state index in [2.05, 4.69) is 31.4 Å². The molecule has 0 aliphatic heterocycles. The van der Waals surface area contributed by atoms with Gasteiger partial charge in [0, 0.05) is 6.04 Å². The highest BCUT2D eigenvalue weighted by molar-refractivity contribution is 5.43. The molecule has 0 aromatic heterocycles. The monoisotopic (exact) mass is 249 g/mol. The van der Waals surface area contributed by atoms with Crippen molar-refractivity contribution in [2.45, 2.75) is 25.8 Å². The summed E-state index contributed by atoms with van der Waals surface area (Å²) in [5, 5.41) is 3.44. The molecule has 0 spiro atoms. The van der Waals surface area contributed by atoms with Gasteiger partial charge < -0.3 is 14.8 Å². The molecule has 0 amide bonds. The summed E-state index contributed by atoms with van der Waals surface area (Å²) < 4.78 is 10.6. The van der Waals surface area contributed by atoms with Crippen molar-refractivity contribution < 1.29 is 9.47 Å². The van der Waals surface area contributed by atoms with E-state index in [9.17, 15) is 0 Å². The molecule has 100 valence electrons. The van der Waals surface area contributed by atoms with Crippen LogP contribution in [0.5, 0.6) is 11.5 Å². The summed E-state index contributed by atoms with van der Waals surface area (Å²) in [7, 11) is 5.40. The number of nitrogens with one attached hydrogen (secondary N) is 1. The van der Waals surface area contributed by atoms with Gasteiger partial charge in [-0.3, -0.25) is 0 Å². The van der Waals surface area contributed by atoms with Gasteiger partial charge in [0.15, 0.2) is 11.5 Å². The minimum absolute atomic E-state index is 0.568. The number of ether oxygens (including phenoxy) is 2. The molecule has 3 nitrogen and oxygen atoms in total. The minimum atomic E-state index is 0.568. The normalized spacial score (nSPS) is 23.6. The first kappa shape index (κ1) is 13.2. The van der Waals surface area contributed by atoms with Crippen molar-refractivity contribution in [3.05, 3.63) is 23.8 Å². The fraction of sp³-hybridized carbons (Fsp3) is 0.600. The molecule has 1 saturated carbocycles. The molecule has 1 aliphatic rings. The topological polar surface area (TPSA) is 30.5 Å². The molecule has 0 radical (unpaired) electrons. The first-order chi connectivity index (χ1) is 8.69. The Morgan fingerprint density at radius 2 is 1.94 bits per heavy atom. The molecule has 0 saturated heterocycles. The minimum Gasteiger partial charge on any atom is -0.493 e. The lowest BCUT2D eigenvalue weighted by atomic mass is 10.0. The van der Waals surface area contributed by atoms with Gasteiger partial charge in [0.25, 0.3) is 0 Å². The summed E-state index contributed by atoms with van der Waals surface area (Å²) >= 11 is 0. The van der Waals surface area contributed by atoms with Crippen molar-refractivity contribution in [1.82, 2.24) is 5.32 Å². The number of likely N-dealkylation sites (N-methyl/N-ethyl adjacent to an activating group) is 1. The second-order valence-corrected chi connectivity index (χ2v) is 5.17. The van der Waals surface area contributed by atoms with Crippen LogP contribution in [0.4, 0.5) is 0 Å². The van der Waals surface area contributed by atoms with Crippen LogP contribution in [-0.4, -0.2) is 27.3 Å². The van der Waals surface area contributed by atoms with Crippen molar-refractivity contribution in [2.24, 2.45) is 11.8 Å². The summed E-state index contributed by atoms with van der Waals surface area (Å²) in [4.78, 5) is 0. The van der Waals surface area contributed by atoms with Crippen LogP contribution >= 0.6 is 0 Å². The molecule has 2 rings (SSSR count). The fourth-order valence-corrected chi connectivity index (χ4v) is 2.64. The molecule has 1 fully saturated rings. The fourth-order valence-electron chi connectivity index (χ4n) is 2.64. The Kier molecular flexibility index (Phi) is 4.12. The molecular formula is C15H23NO2. The number of methoxy groups -OCH3 is 2. The lowest BCUT2D eigenvalue weighted by Gasteiger charge is -2.17. The molecule has 1 N–H and O–H groups in total. The number of benzene rings is 1. The molecule has 0 bridgehead atoms. The largest absolute Gasteiger partial charge is 0.493 e. The molecule has 1 aliphatic carbocycles.